The molecule has 0 radical (unpaired) electrons. The lowest BCUT2D eigenvalue weighted by Crippen LogP contribution is -2.42. The molecule has 1 N–H and O–H groups in total. The maximum atomic E-state index is 12.2. The monoisotopic (exact) mass is 310 g/mol. The Morgan fingerprint density at radius 3 is 2.94 bits per heavy atom. The number of halogens is 1. The van der Waals surface area contributed by atoms with Crippen molar-refractivity contribution < 1.29 is 4.79 Å². The van der Waals surface area contributed by atoms with Gasteiger partial charge in [0.2, 0.25) is 5.91 Å². The molecule has 1 unspecified atom stereocenters. The number of hydrogen-bond acceptors (Lipinski definition) is 2. The van der Waals surface area contributed by atoms with Gasteiger partial charge in [-0.2, -0.15) is 0 Å². The fourth-order valence-corrected chi connectivity index (χ4v) is 2.47. The van der Waals surface area contributed by atoms with Crippen molar-refractivity contribution >= 4 is 27.5 Å². The van der Waals surface area contributed by atoms with Gasteiger partial charge in [-0.3, -0.25) is 4.79 Å². The van der Waals surface area contributed by atoms with Gasteiger partial charge in [-0.15, -0.1) is 0 Å². The van der Waals surface area contributed by atoms with E-state index in [1.807, 2.05) is 24.0 Å². The van der Waals surface area contributed by atoms with Crippen molar-refractivity contribution in [3.05, 3.63) is 28.2 Å². The molecule has 0 bridgehead atoms. The third-order valence-corrected chi connectivity index (χ3v) is 4.18. The first-order valence-electron chi connectivity index (χ1n) is 6.38. The van der Waals surface area contributed by atoms with E-state index < -0.39 is 0 Å². The molecule has 3 nitrogen and oxygen atoms in total. The first-order valence-corrected chi connectivity index (χ1v) is 7.17. The number of aryl methyl sites for hydroxylation is 1. The van der Waals surface area contributed by atoms with Crippen LogP contribution in [-0.4, -0.2) is 25.0 Å². The van der Waals surface area contributed by atoms with E-state index in [4.69, 9.17) is 0 Å². The number of rotatable bonds is 1. The molecule has 0 aliphatic carbocycles. The predicted octanol–water partition coefficient (Wildman–Crippen LogP) is 2.86. The molecule has 1 aromatic rings. The molecule has 0 aromatic heterocycles. The van der Waals surface area contributed by atoms with Gasteiger partial charge >= 0.3 is 0 Å². The molecule has 2 rings (SSSR count). The lowest BCUT2D eigenvalue weighted by atomic mass is 10.1. The minimum atomic E-state index is 0.205. The zero-order valence-electron chi connectivity index (χ0n) is 10.9. The summed E-state index contributed by atoms with van der Waals surface area (Å²) >= 11 is 3.49. The van der Waals surface area contributed by atoms with Crippen LogP contribution in [0.15, 0.2) is 22.7 Å². The molecule has 0 saturated carbocycles. The average molecular weight is 311 g/mol. The Bertz CT molecular complexity index is 447. The standard InChI is InChI=1S/C14H19BrN2O/c1-10-8-12(4-5-13(10)15)17-7-3-6-16-11(2)9-14(17)18/h4-5,8,11,16H,3,6-7,9H2,1-2H3. The molecule has 1 aliphatic rings. The van der Waals surface area contributed by atoms with Crippen molar-refractivity contribution in [3.8, 4) is 0 Å². The lowest BCUT2D eigenvalue weighted by Gasteiger charge is -2.28. The molecule has 1 aromatic carbocycles. The first-order chi connectivity index (χ1) is 8.58. The van der Waals surface area contributed by atoms with Gasteiger partial charge in [0.25, 0.3) is 0 Å². The Morgan fingerprint density at radius 2 is 2.22 bits per heavy atom. The van der Waals surface area contributed by atoms with Crippen LogP contribution in [0.4, 0.5) is 5.69 Å². The van der Waals surface area contributed by atoms with Crippen molar-refractivity contribution in [3.63, 3.8) is 0 Å². The summed E-state index contributed by atoms with van der Waals surface area (Å²) in [5, 5.41) is 3.35. The Kier molecular flexibility index (Phi) is 4.40. The molecular formula is C14H19BrN2O. The van der Waals surface area contributed by atoms with Crippen LogP contribution in [0, 0.1) is 6.92 Å². The second-order valence-corrected chi connectivity index (χ2v) is 5.75. The van der Waals surface area contributed by atoms with Gasteiger partial charge in [0.05, 0.1) is 0 Å². The highest BCUT2D eigenvalue weighted by molar-refractivity contribution is 9.10. The quantitative estimate of drug-likeness (QED) is 0.865. The van der Waals surface area contributed by atoms with Crippen LogP contribution in [0.1, 0.15) is 25.3 Å². The third kappa shape index (κ3) is 3.12. The van der Waals surface area contributed by atoms with Gasteiger partial charge in [0, 0.05) is 29.2 Å². The van der Waals surface area contributed by atoms with Gasteiger partial charge in [-0.1, -0.05) is 15.9 Å². The van der Waals surface area contributed by atoms with Crippen LogP contribution < -0.4 is 10.2 Å². The average Bonchev–Trinajstić information content (AvgIpc) is 2.31. The minimum absolute atomic E-state index is 0.205. The van der Waals surface area contributed by atoms with Crippen LogP contribution in [0.2, 0.25) is 0 Å². The molecule has 1 atom stereocenters. The van der Waals surface area contributed by atoms with Crippen molar-refractivity contribution in [2.45, 2.75) is 32.7 Å². The highest BCUT2D eigenvalue weighted by Crippen LogP contribution is 2.24. The van der Waals surface area contributed by atoms with Crippen molar-refractivity contribution in [2.24, 2.45) is 0 Å². The second kappa shape index (κ2) is 5.85. The summed E-state index contributed by atoms with van der Waals surface area (Å²) in [5.74, 6) is 0.205. The summed E-state index contributed by atoms with van der Waals surface area (Å²) in [5.41, 5.74) is 2.17. The summed E-state index contributed by atoms with van der Waals surface area (Å²) in [4.78, 5) is 14.2. The number of nitrogens with one attached hydrogen (secondary N) is 1. The highest BCUT2D eigenvalue weighted by atomic mass is 79.9. The second-order valence-electron chi connectivity index (χ2n) is 4.89. The van der Waals surface area contributed by atoms with Crippen LogP contribution in [0.3, 0.4) is 0 Å². The van der Waals surface area contributed by atoms with Gasteiger partial charge in [0.1, 0.15) is 0 Å². The lowest BCUT2D eigenvalue weighted by molar-refractivity contribution is -0.119. The number of amides is 1. The van der Waals surface area contributed by atoms with Crippen LogP contribution in [0.5, 0.6) is 0 Å². The topological polar surface area (TPSA) is 32.3 Å². The molecule has 1 heterocycles. The summed E-state index contributed by atoms with van der Waals surface area (Å²) in [6.07, 6.45) is 1.56. The van der Waals surface area contributed by atoms with Crippen molar-refractivity contribution in [2.75, 3.05) is 18.0 Å². The van der Waals surface area contributed by atoms with Crippen LogP contribution in [-0.2, 0) is 4.79 Å². The number of nitrogens with zero attached hydrogens (tertiary/aromatic N) is 1. The van der Waals surface area contributed by atoms with E-state index in [9.17, 15) is 4.79 Å². The molecule has 0 spiro atoms. The Hall–Kier alpha value is -0.870. The van der Waals surface area contributed by atoms with Gasteiger partial charge in [-0.05, 0) is 50.6 Å². The smallest absolute Gasteiger partial charge is 0.228 e. The molecule has 1 aliphatic heterocycles. The van der Waals surface area contributed by atoms with Crippen molar-refractivity contribution in [1.82, 2.24) is 5.32 Å². The number of carbonyl (C=O) groups is 1. The van der Waals surface area contributed by atoms with E-state index in [2.05, 4.69) is 34.2 Å². The summed E-state index contributed by atoms with van der Waals surface area (Å²) < 4.78 is 1.08. The van der Waals surface area contributed by atoms with Gasteiger partial charge in [-0.25, -0.2) is 0 Å². The fourth-order valence-electron chi connectivity index (χ4n) is 2.22. The normalized spacial score (nSPS) is 21.6. The maximum absolute atomic E-state index is 12.2. The molecule has 1 saturated heterocycles. The van der Waals surface area contributed by atoms with Crippen LogP contribution in [0.25, 0.3) is 0 Å². The summed E-state index contributed by atoms with van der Waals surface area (Å²) in [6.45, 7) is 5.88. The van der Waals surface area contributed by atoms with Gasteiger partial charge < -0.3 is 10.2 Å². The predicted molar refractivity (Wildman–Crippen MR) is 77.9 cm³/mol. The molecule has 1 fully saturated rings. The van der Waals surface area contributed by atoms with E-state index in [1.54, 1.807) is 0 Å². The number of carbonyl (C=O) groups excluding carboxylic acids is 1. The molecule has 98 valence electrons. The number of benzene rings is 1. The zero-order chi connectivity index (χ0) is 13.1. The molecule has 4 heteroatoms. The fraction of sp³-hybridized carbons (Fsp3) is 0.500. The van der Waals surface area contributed by atoms with E-state index >= 15 is 0 Å². The maximum Gasteiger partial charge on any atom is 0.228 e. The Labute approximate surface area is 117 Å². The summed E-state index contributed by atoms with van der Waals surface area (Å²) in [6, 6.07) is 6.35. The molecular weight excluding hydrogens is 292 g/mol. The highest BCUT2D eigenvalue weighted by Gasteiger charge is 2.20. The van der Waals surface area contributed by atoms with Gasteiger partial charge in [0.15, 0.2) is 0 Å². The first kappa shape index (κ1) is 13.6. The minimum Gasteiger partial charge on any atom is -0.314 e. The zero-order valence-corrected chi connectivity index (χ0v) is 12.5. The van der Waals surface area contributed by atoms with Crippen molar-refractivity contribution in [1.29, 1.82) is 0 Å². The summed E-state index contributed by atoms with van der Waals surface area (Å²) in [7, 11) is 0. The van der Waals surface area contributed by atoms with E-state index in [-0.39, 0.29) is 11.9 Å². The van der Waals surface area contributed by atoms with E-state index in [0.29, 0.717) is 6.42 Å². The third-order valence-electron chi connectivity index (χ3n) is 3.29. The molecule has 18 heavy (non-hydrogen) atoms. The van der Waals surface area contributed by atoms with E-state index in [0.717, 1.165) is 35.2 Å². The number of hydrogen-bond donors (Lipinski definition) is 1. The van der Waals surface area contributed by atoms with E-state index in [1.165, 1.54) is 0 Å². The molecule has 1 amide bonds. The largest absolute Gasteiger partial charge is 0.314 e. The number of anilines is 1. The Morgan fingerprint density at radius 1 is 1.44 bits per heavy atom. The Balaban J connectivity index is 2.23. The SMILES string of the molecule is Cc1cc(N2CCCNC(C)CC2=O)ccc1Br. The van der Waals surface area contributed by atoms with Crippen LogP contribution >= 0.6 is 15.9 Å².